The van der Waals surface area contributed by atoms with Crippen LogP contribution in [0.2, 0.25) is 0 Å². The van der Waals surface area contributed by atoms with Gasteiger partial charge in [-0.3, -0.25) is 0 Å². The summed E-state index contributed by atoms with van der Waals surface area (Å²) in [5.41, 5.74) is 2.44. The van der Waals surface area contributed by atoms with E-state index in [1.54, 1.807) is 6.07 Å². The average molecular weight is 380 g/mol. The maximum absolute atomic E-state index is 10.1. The first-order chi connectivity index (χ1) is 13.7. The number of phenols is 1. The normalized spacial score (nSPS) is 22.3. The molecule has 4 heterocycles. The Balaban J connectivity index is 1.32. The number of benzene rings is 1. The second-order valence-electron chi connectivity index (χ2n) is 8.29. The second-order valence-corrected chi connectivity index (χ2v) is 8.29. The van der Waals surface area contributed by atoms with E-state index in [-0.39, 0.29) is 11.3 Å². The third-order valence-electron chi connectivity index (χ3n) is 6.55. The zero-order valence-corrected chi connectivity index (χ0v) is 16.1. The molecule has 0 aliphatic carbocycles. The minimum Gasteiger partial charge on any atom is -0.507 e. The van der Waals surface area contributed by atoms with Gasteiger partial charge < -0.3 is 26.0 Å². The second kappa shape index (κ2) is 7.22. The topological polar surface area (TPSA) is 85.3 Å². The van der Waals surface area contributed by atoms with E-state index in [1.807, 2.05) is 24.3 Å². The maximum atomic E-state index is 10.1. The summed E-state index contributed by atoms with van der Waals surface area (Å²) in [5, 5.41) is 29.5. The third-order valence-corrected chi connectivity index (χ3v) is 6.55. The van der Waals surface area contributed by atoms with Crippen LogP contribution in [-0.4, -0.2) is 64.5 Å². The van der Waals surface area contributed by atoms with Gasteiger partial charge in [0.2, 0.25) is 0 Å². The van der Waals surface area contributed by atoms with Gasteiger partial charge in [0.25, 0.3) is 0 Å². The standard InChI is InChI=1S/C21H28N6O/c28-19-4-2-1-3-16(19)17-13-18-20(26-25-17)23-14-21(24-18)7-11-27(12-8-21)15-5-9-22-10-6-15/h1-4,13,15,22,24,28H,5-12,14H2,(H,23,26). The summed E-state index contributed by atoms with van der Waals surface area (Å²) in [7, 11) is 0. The van der Waals surface area contributed by atoms with E-state index in [4.69, 9.17) is 0 Å². The van der Waals surface area contributed by atoms with Crippen molar-refractivity contribution in [3.05, 3.63) is 30.3 Å². The Labute approximate surface area is 165 Å². The average Bonchev–Trinajstić information content (AvgIpc) is 2.75. The highest BCUT2D eigenvalue weighted by Gasteiger charge is 2.39. The van der Waals surface area contributed by atoms with Gasteiger partial charge >= 0.3 is 0 Å². The van der Waals surface area contributed by atoms with Crippen LogP contribution in [0.25, 0.3) is 11.3 Å². The number of para-hydroxylation sites is 1. The molecule has 0 radical (unpaired) electrons. The van der Waals surface area contributed by atoms with E-state index >= 15 is 0 Å². The van der Waals surface area contributed by atoms with Crippen LogP contribution in [0, 0.1) is 0 Å². The molecular weight excluding hydrogens is 352 g/mol. The highest BCUT2D eigenvalue weighted by atomic mass is 16.3. The lowest BCUT2D eigenvalue weighted by molar-refractivity contribution is 0.108. The Morgan fingerprint density at radius 2 is 1.86 bits per heavy atom. The summed E-state index contributed by atoms with van der Waals surface area (Å²) in [6.07, 6.45) is 4.78. The van der Waals surface area contributed by atoms with Crippen molar-refractivity contribution in [3.63, 3.8) is 0 Å². The molecule has 7 nitrogen and oxygen atoms in total. The molecule has 28 heavy (non-hydrogen) atoms. The fourth-order valence-electron chi connectivity index (χ4n) is 4.81. The van der Waals surface area contributed by atoms with Crippen LogP contribution in [0.4, 0.5) is 11.5 Å². The predicted octanol–water partition coefficient (Wildman–Crippen LogP) is 2.27. The van der Waals surface area contributed by atoms with E-state index in [9.17, 15) is 5.11 Å². The van der Waals surface area contributed by atoms with Crippen molar-refractivity contribution in [3.8, 4) is 17.0 Å². The van der Waals surface area contributed by atoms with Gasteiger partial charge in [0.05, 0.1) is 16.9 Å². The molecule has 0 amide bonds. The number of anilines is 2. The van der Waals surface area contributed by atoms with Gasteiger partial charge in [0.15, 0.2) is 5.82 Å². The zero-order chi connectivity index (χ0) is 19.0. The number of rotatable bonds is 2. The van der Waals surface area contributed by atoms with Gasteiger partial charge in [-0.2, -0.15) is 0 Å². The van der Waals surface area contributed by atoms with Crippen molar-refractivity contribution >= 4 is 11.5 Å². The molecule has 1 spiro atoms. The summed E-state index contributed by atoms with van der Waals surface area (Å²) in [6, 6.07) is 10.0. The number of hydrogen-bond acceptors (Lipinski definition) is 7. The number of fused-ring (bicyclic) bond motifs is 1. The molecular formula is C21H28N6O. The number of hydrogen-bond donors (Lipinski definition) is 4. The first kappa shape index (κ1) is 17.7. The van der Waals surface area contributed by atoms with Gasteiger partial charge in [-0.05, 0) is 57.0 Å². The Morgan fingerprint density at radius 3 is 2.64 bits per heavy atom. The molecule has 2 fully saturated rings. The van der Waals surface area contributed by atoms with E-state index in [1.165, 1.54) is 12.8 Å². The Morgan fingerprint density at radius 1 is 1.07 bits per heavy atom. The molecule has 0 saturated carbocycles. The number of nitrogens with zero attached hydrogens (tertiary/aromatic N) is 3. The number of aromatic hydroxyl groups is 1. The Hall–Kier alpha value is -2.38. The monoisotopic (exact) mass is 380 g/mol. The predicted molar refractivity (Wildman–Crippen MR) is 111 cm³/mol. The van der Waals surface area contributed by atoms with Gasteiger partial charge in [0, 0.05) is 31.2 Å². The van der Waals surface area contributed by atoms with Crippen molar-refractivity contribution in [2.45, 2.75) is 37.3 Å². The number of likely N-dealkylation sites (tertiary alicyclic amines) is 1. The molecule has 0 unspecified atom stereocenters. The minimum absolute atomic E-state index is 0.0649. The van der Waals surface area contributed by atoms with Crippen molar-refractivity contribution in [2.75, 3.05) is 43.4 Å². The highest BCUT2D eigenvalue weighted by molar-refractivity contribution is 5.76. The van der Waals surface area contributed by atoms with Gasteiger partial charge in [-0.25, -0.2) is 0 Å². The smallest absolute Gasteiger partial charge is 0.172 e. The molecule has 2 aromatic rings. The van der Waals surface area contributed by atoms with Crippen LogP contribution in [0.15, 0.2) is 30.3 Å². The number of phenolic OH excluding ortho intramolecular Hbond substituents is 1. The van der Waals surface area contributed by atoms with Gasteiger partial charge in [-0.1, -0.05) is 12.1 Å². The SMILES string of the molecule is Oc1ccccc1-c1cc2c(nn1)NCC1(CCN(C3CCNCC3)CC1)N2. The lowest BCUT2D eigenvalue weighted by atomic mass is 9.84. The molecule has 3 aliphatic heterocycles. The molecule has 5 rings (SSSR count). The zero-order valence-electron chi connectivity index (χ0n) is 16.1. The van der Waals surface area contributed by atoms with E-state index < -0.39 is 0 Å². The molecule has 0 atom stereocenters. The largest absolute Gasteiger partial charge is 0.507 e. The molecule has 148 valence electrons. The highest BCUT2D eigenvalue weighted by Crippen LogP contribution is 2.37. The molecule has 3 aliphatic rings. The lowest BCUT2D eigenvalue weighted by Crippen LogP contribution is -2.57. The molecule has 1 aromatic heterocycles. The lowest BCUT2D eigenvalue weighted by Gasteiger charge is -2.48. The fourth-order valence-corrected chi connectivity index (χ4v) is 4.81. The summed E-state index contributed by atoms with van der Waals surface area (Å²) in [6.45, 7) is 5.45. The van der Waals surface area contributed by atoms with Crippen molar-refractivity contribution < 1.29 is 5.11 Å². The first-order valence-electron chi connectivity index (χ1n) is 10.4. The minimum atomic E-state index is 0.0649. The summed E-state index contributed by atoms with van der Waals surface area (Å²) < 4.78 is 0. The molecule has 1 aromatic carbocycles. The van der Waals surface area contributed by atoms with Crippen molar-refractivity contribution in [1.82, 2.24) is 20.4 Å². The molecule has 7 heteroatoms. The van der Waals surface area contributed by atoms with Crippen LogP contribution in [-0.2, 0) is 0 Å². The van der Waals surface area contributed by atoms with Crippen LogP contribution >= 0.6 is 0 Å². The van der Waals surface area contributed by atoms with Crippen LogP contribution in [0.3, 0.4) is 0 Å². The molecule has 0 bridgehead atoms. The summed E-state index contributed by atoms with van der Waals surface area (Å²) >= 11 is 0. The quantitative estimate of drug-likeness (QED) is 0.636. The fraction of sp³-hybridized carbons (Fsp3) is 0.524. The summed E-state index contributed by atoms with van der Waals surface area (Å²) in [4.78, 5) is 2.68. The van der Waals surface area contributed by atoms with Crippen LogP contribution in [0.1, 0.15) is 25.7 Å². The number of nitrogens with one attached hydrogen (secondary N) is 3. The van der Waals surface area contributed by atoms with Gasteiger partial charge in [-0.15, -0.1) is 10.2 Å². The molecule has 4 N–H and O–H groups in total. The van der Waals surface area contributed by atoms with E-state index in [0.717, 1.165) is 63.1 Å². The molecule has 2 saturated heterocycles. The number of piperidine rings is 2. The Bertz CT molecular complexity index is 843. The number of aromatic nitrogens is 2. The van der Waals surface area contributed by atoms with Crippen molar-refractivity contribution in [2.24, 2.45) is 0 Å². The maximum Gasteiger partial charge on any atom is 0.172 e. The van der Waals surface area contributed by atoms with E-state index in [0.29, 0.717) is 11.3 Å². The first-order valence-corrected chi connectivity index (χ1v) is 10.4. The third kappa shape index (κ3) is 3.29. The van der Waals surface area contributed by atoms with Gasteiger partial charge in [0.1, 0.15) is 5.75 Å². The van der Waals surface area contributed by atoms with Crippen LogP contribution < -0.4 is 16.0 Å². The summed E-state index contributed by atoms with van der Waals surface area (Å²) in [5.74, 6) is 1.02. The van der Waals surface area contributed by atoms with Crippen LogP contribution in [0.5, 0.6) is 5.75 Å². The Kier molecular flexibility index (Phi) is 4.56. The van der Waals surface area contributed by atoms with Crippen molar-refractivity contribution in [1.29, 1.82) is 0 Å². The van der Waals surface area contributed by atoms with E-state index in [2.05, 4.69) is 31.0 Å².